The molecule has 1 aromatic carbocycles. The SMILES string of the molecule is CN(Cc1cccc(Cl)c1Cl)C1CCCNCC1. The maximum Gasteiger partial charge on any atom is 0.0637 e. The van der Waals surface area contributed by atoms with Crippen LogP contribution >= 0.6 is 23.2 Å². The normalized spacial score (nSPS) is 21.0. The number of rotatable bonds is 3. The van der Waals surface area contributed by atoms with Crippen LogP contribution in [0.25, 0.3) is 0 Å². The molecule has 0 aromatic heterocycles. The van der Waals surface area contributed by atoms with Crippen molar-refractivity contribution in [1.82, 2.24) is 10.2 Å². The summed E-state index contributed by atoms with van der Waals surface area (Å²) >= 11 is 12.3. The Morgan fingerprint density at radius 2 is 2.11 bits per heavy atom. The fraction of sp³-hybridized carbons (Fsp3) is 0.571. The Morgan fingerprint density at radius 3 is 2.94 bits per heavy atom. The second kappa shape index (κ2) is 6.76. The van der Waals surface area contributed by atoms with Crippen LogP contribution in [0.5, 0.6) is 0 Å². The summed E-state index contributed by atoms with van der Waals surface area (Å²) in [5.74, 6) is 0. The first kappa shape index (κ1) is 14.1. The van der Waals surface area contributed by atoms with Gasteiger partial charge in [-0.15, -0.1) is 0 Å². The Hall–Kier alpha value is -0.280. The third-order valence-electron chi connectivity index (χ3n) is 3.62. The molecule has 0 bridgehead atoms. The van der Waals surface area contributed by atoms with Crippen molar-refractivity contribution in [3.63, 3.8) is 0 Å². The smallest absolute Gasteiger partial charge is 0.0637 e. The van der Waals surface area contributed by atoms with Gasteiger partial charge >= 0.3 is 0 Å². The molecule has 4 heteroatoms. The summed E-state index contributed by atoms with van der Waals surface area (Å²) in [6, 6.07) is 6.49. The minimum absolute atomic E-state index is 0.634. The van der Waals surface area contributed by atoms with E-state index in [0.29, 0.717) is 16.1 Å². The van der Waals surface area contributed by atoms with Crippen molar-refractivity contribution in [2.75, 3.05) is 20.1 Å². The molecule has 0 aliphatic carbocycles. The van der Waals surface area contributed by atoms with Gasteiger partial charge in [0.2, 0.25) is 0 Å². The van der Waals surface area contributed by atoms with Crippen LogP contribution in [-0.4, -0.2) is 31.1 Å². The molecule has 1 saturated heterocycles. The molecule has 100 valence electrons. The van der Waals surface area contributed by atoms with Gasteiger partial charge in [0.1, 0.15) is 0 Å². The Labute approximate surface area is 119 Å². The van der Waals surface area contributed by atoms with E-state index >= 15 is 0 Å². The van der Waals surface area contributed by atoms with E-state index in [1.54, 1.807) is 0 Å². The van der Waals surface area contributed by atoms with E-state index in [2.05, 4.69) is 23.3 Å². The quantitative estimate of drug-likeness (QED) is 0.914. The fourth-order valence-corrected chi connectivity index (χ4v) is 2.89. The van der Waals surface area contributed by atoms with Crippen molar-refractivity contribution in [2.45, 2.75) is 31.8 Å². The van der Waals surface area contributed by atoms with Crippen molar-refractivity contribution in [1.29, 1.82) is 0 Å². The number of benzene rings is 1. The Balaban J connectivity index is 2.01. The summed E-state index contributed by atoms with van der Waals surface area (Å²) < 4.78 is 0. The molecule has 1 fully saturated rings. The van der Waals surface area contributed by atoms with E-state index in [0.717, 1.165) is 25.2 Å². The molecular weight excluding hydrogens is 267 g/mol. The number of hydrogen-bond donors (Lipinski definition) is 1. The average molecular weight is 287 g/mol. The van der Waals surface area contributed by atoms with Gasteiger partial charge in [0.25, 0.3) is 0 Å². The zero-order chi connectivity index (χ0) is 13.0. The predicted molar refractivity (Wildman–Crippen MR) is 78.4 cm³/mol. The monoisotopic (exact) mass is 286 g/mol. The highest BCUT2D eigenvalue weighted by Gasteiger charge is 2.17. The van der Waals surface area contributed by atoms with Crippen molar-refractivity contribution in [2.24, 2.45) is 0 Å². The summed E-state index contributed by atoms with van der Waals surface area (Å²) in [5, 5.41) is 4.78. The van der Waals surface area contributed by atoms with E-state index < -0.39 is 0 Å². The van der Waals surface area contributed by atoms with Crippen LogP contribution in [0.15, 0.2) is 18.2 Å². The standard InChI is InChI=1S/C14H20Cl2N2/c1-18(12-5-3-8-17-9-7-12)10-11-4-2-6-13(15)14(11)16/h2,4,6,12,17H,3,5,7-10H2,1H3. The van der Waals surface area contributed by atoms with Crippen LogP contribution in [0, 0.1) is 0 Å². The third-order valence-corrected chi connectivity index (χ3v) is 4.48. The number of nitrogens with one attached hydrogen (secondary N) is 1. The maximum absolute atomic E-state index is 6.24. The van der Waals surface area contributed by atoms with Gasteiger partial charge in [0.05, 0.1) is 10.0 Å². The largest absolute Gasteiger partial charge is 0.317 e. The van der Waals surface area contributed by atoms with Crippen LogP contribution in [0.4, 0.5) is 0 Å². The van der Waals surface area contributed by atoms with Crippen molar-refractivity contribution >= 4 is 23.2 Å². The average Bonchev–Trinajstić information content (AvgIpc) is 2.63. The molecule has 0 amide bonds. The van der Waals surface area contributed by atoms with E-state index in [1.807, 2.05) is 12.1 Å². The lowest BCUT2D eigenvalue weighted by atomic mass is 10.1. The summed E-state index contributed by atoms with van der Waals surface area (Å²) in [4.78, 5) is 2.39. The first-order valence-corrected chi connectivity index (χ1v) is 7.28. The molecule has 18 heavy (non-hydrogen) atoms. The van der Waals surface area contributed by atoms with Crippen LogP contribution in [0.3, 0.4) is 0 Å². The van der Waals surface area contributed by atoms with Crippen LogP contribution in [0.1, 0.15) is 24.8 Å². The second-order valence-corrected chi connectivity index (χ2v) is 5.75. The lowest BCUT2D eigenvalue weighted by molar-refractivity contribution is 0.216. The van der Waals surface area contributed by atoms with E-state index in [4.69, 9.17) is 23.2 Å². The lowest BCUT2D eigenvalue weighted by Gasteiger charge is -2.27. The molecule has 1 aliphatic rings. The molecule has 1 heterocycles. The Kier molecular flexibility index (Phi) is 5.31. The van der Waals surface area contributed by atoms with Gasteiger partial charge in [-0.3, -0.25) is 4.90 Å². The maximum atomic E-state index is 6.24. The van der Waals surface area contributed by atoms with E-state index in [9.17, 15) is 0 Å². The Morgan fingerprint density at radius 1 is 1.28 bits per heavy atom. The highest BCUT2D eigenvalue weighted by Crippen LogP contribution is 2.27. The molecule has 1 atom stereocenters. The summed E-state index contributed by atoms with van der Waals surface area (Å²) in [7, 11) is 2.17. The molecular formula is C14H20Cl2N2. The first-order valence-electron chi connectivity index (χ1n) is 6.52. The molecule has 0 spiro atoms. The van der Waals surface area contributed by atoms with Gasteiger partial charge in [0, 0.05) is 12.6 Å². The molecule has 2 rings (SSSR count). The first-order chi connectivity index (χ1) is 8.68. The van der Waals surface area contributed by atoms with Gasteiger partial charge in [-0.1, -0.05) is 35.3 Å². The molecule has 1 aromatic rings. The van der Waals surface area contributed by atoms with Gasteiger partial charge in [-0.25, -0.2) is 0 Å². The molecule has 1 N–H and O–H groups in total. The van der Waals surface area contributed by atoms with Gasteiger partial charge in [-0.2, -0.15) is 0 Å². The second-order valence-electron chi connectivity index (χ2n) is 4.96. The minimum atomic E-state index is 0.634. The van der Waals surface area contributed by atoms with Gasteiger partial charge < -0.3 is 5.32 Å². The Bertz CT molecular complexity index is 387. The summed E-state index contributed by atoms with van der Waals surface area (Å²) in [5.41, 5.74) is 1.11. The number of halogens is 2. The van der Waals surface area contributed by atoms with Crippen molar-refractivity contribution < 1.29 is 0 Å². The fourth-order valence-electron chi connectivity index (χ4n) is 2.51. The van der Waals surface area contributed by atoms with Crippen LogP contribution < -0.4 is 5.32 Å². The van der Waals surface area contributed by atoms with E-state index in [-0.39, 0.29) is 0 Å². The van der Waals surface area contributed by atoms with Crippen LogP contribution in [0.2, 0.25) is 10.0 Å². The molecule has 1 aliphatic heterocycles. The van der Waals surface area contributed by atoms with Crippen molar-refractivity contribution in [3.8, 4) is 0 Å². The van der Waals surface area contributed by atoms with Gasteiger partial charge in [0.15, 0.2) is 0 Å². The summed E-state index contributed by atoms with van der Waals surface area (Å²) in [6.07, 6.45) is 3.70. The molecule has 1 unspecified atom stereocenters. The van der Waals surface area contributed by atoms with E-state index in [1.165, 1.54) is 19.3 Å². The lowest BCUT2D eigenvalue weighted by Crippen LogP contribution is -2.32. The zero-order valence-corrected chi connectivity index (χ0v) is 12.3. The highest BCUT2D eigenvalue weighted by molar-refractivity contribution is 6.42. The molecule has 0 radical (unpaired) electrons. The van der Waals surface area contributed by atoms with Crippen molar-refractivity contribution in [3.05, 3.63) is 33.8 Å². The van der Waals surface area contributed by atoms with Crippen LogP contribution in [-0.2, 0) is 6.54 Å². The highest BCUT2D eigenvalue weighted by atomic mass is 35.5. The number of hydrogen-bond acceptors (Lipinski definition) is 2. The molecule has 0 saturated carbocycles. The topological polar surface area (TPSA) is 15.3 Å². The summed E-state index contributed by atoms with van der Waals surface area (Å²) in [6.45, 7) is 3.12. The molecule has 2 nitrogen and oxygen atoms in total. The third kappa shape index (κ3) is 3.61. The predicted octanol–water partition coefficient (Wildman–Crippen LogP) is 3.57. The minimum Gasteiger partial charge on any atom is -0.317 e. The zero-order valence-electron chi connectivity index (χ0n) is 10.8. The number of nitrogens with zero attached hydrogens (tertiary/aromatic N) is 1. The van der Waals surface area contributed by atoms with Gasteiger partial charge in [-0.05, 0) is 51.0 Å².